The zero-order chi connectivity index (χ0) is 11.1. The standard InChI is InChI=1S/C11H11ClO2S/c12-6-2-1-3-9-7-10(15-8-9)4-5-11(13)14/h1,3-5,7-8H,2,6H2,(H,13,14)/b3-1?,5-4+. The fraction of sp³-hybridized carbons (Fsp3) is 0.182. The third-order valence-electron chi connectivity index (χ3n) is 1.62. The van der Waals surface area contributed by atoms with Crippen LogP contribution in [0.25, 0.3) is 12.2 Å². The maximum Gasteiger partial charge on any atom is 0.328 e. The van der Waals surface area contributed by atoms with Crippen LogP contribution in [0.2, 0.25) is 0 Å². The Bertz CT molecular complexity index is 380. The van der Waals surface area contributed by atoms with E-state index in [4.69, 9.17) is 16.7 Å². The first-order valence-electron chi connectivity index (χ1n) is 4.44. The molecule has 80 valence electrons. The average Bonchev–Trinajstić information content (AvgIpc) is 2.63. The first kappa shape index (κ1) is 12.0. The van der Waals surface area contributed by atoms with Crippen LogP contribution < -0.4 is 0 Å². The van der Waals surface area contributed by atoms with Gasteiger partial charge in [-0.1, -0.05) is 12.2 Å². The number of hydrogen-bond acceptors (Lipinski definition) is 2. The van der Waals surface area contributed by atoms with Crippen molar-refractivity contribution in [2.24, 2.45) is 0 Å². The summed E-state index contributed by atoms with van der Waals surface area (Å²) in [6.07, 6.45) is 7.55. The SMILES string of the molecule is O=C(O)/C=C/c1cc(C=CCCCl)cs1. The van der Waals surface area contributed by atoms with Crippen LogP contribution in [0.1, 0.15) is 16.9 Å². The largest absolute Gasteiger partial charge is 0.478 e. The van der Waals surface area contributed by atoms with Crippen LogP contribution in [0, 0.1) is 0 Å². The zero-order valence-electron chi connectivity index (χ0n) is 8.02. The number of thiophene rings is 1. The highest BCUT2D eigenvalue weighted by Gasteiger charge is 1.94. The molecular formula is C11H11ClO2S. The number of carboxylic acids is 1. The Labute approximate surface area is 97.5 Å². The van der Waals surface area contributed by atoms with Gasteiger partial charge in [0.05, 0.1) is 0 Å². The predicted molar refractivity (Wildman–Crippen MR) is 65.4 cm³/mol. The summed E-state index contributed by atoms with van der Waals surface area (Å²) >= 11 is 7.05. The van der Waals surface area contributed by atoms with Gasteiger partial charge in [0.1, 0.15) is 0 Å². The number of carbonyl (C=O) groups is 1. The molecule has 0 unspecified atom stereocenters. The molecule has 0 amide bonds. The lowest BCUT2D eigenvalue weighted by atomic mass is 10.2. The van der Waals surface area contributed by atoms with Gasteiger partial charge in [0, 0.05) is 16.8 Å². The predicted octanol–water partition coefficient (Wildman–Crippen LogP) is 3.49. The van der Waals surface area contributed by atoms with Gasteiger partial charge in [-0.05, 0) is 29.5 Å². The molecule has 0 aromatic carbocycles. The highest BCUT2D eigenvalue weighted by molar-refractivity contribution is 7.11. The second-order valence-electron chi connectivity index (χ2n) is 2.83. The summed E-state index contributed by atoms with van der Waals surface area (Å²) in [7, 11) is 0. The minimum Gasteiger partial charge on any atom is -0.478 e. The van der Waals surface area contributed by atoms with Crippen molar-refractivity contribution in [2.45, 2.75) is 6.42 Å². The second-order valence-corrected chi connectivity index (χ2v) is 4.15. The number of aliphatic carboxylic acids is 1. The van der Waals surface area contributed by atoms with Crippen LogP contribution in [0.15, 0.2) is 23.6 Å². The average molecular weight is 243 g/mol. The highest BCUT2D eigenvalue weighted by Crippen LogP contribution is 2.17. The monoisotopic (exact) mass is 242 g/mol. The smallest absolute Gasteiger partial charge is 0.328 e. The number of hydrogen-bond donors (Lipinski definition) is 1. The van der Waals surface area contributed by atoms with Gasteiger partial charge in [-0.2, -0.15) is 0 Å². The summed E-state index contributed by atoms with van der Waals surface area (Å²) in [5, 5.41) is 10.4. The summed E-state index contributed by atoms with van der Waals surface area (Å²) in [4.78, 5) is 11.2. The van der Waals surface area contributed by atoms with Crippen LogP contribution in [0.4, 0.5) is 0 Å². The highest BCUT2D eigenvalue weighted by atomic mass is 35.5. The van der Waals surface area contributed by atoms with E-state index in [0.717, 1.165) is 22.9 Å². The Balaban J connectivity index is 2.60. The molecule has 0 saturated carbocycles. The molecule has 1 aromatic rings. The van der Waals surface area contributed by atoms with Gasteiger partial charge in [-0.25, -0.2) is 4.79 Å². The number of carboxylic acid groups (broad SMARTS) is 1. The van der Waals surface area contributed by atoms with E-state index >= 15 is 0 Å². The normalized spacial score (nSPS) is 11.5. The van der Waals surface area contributed by atoms with E-state index in [-0.39, 0.29) is 0 Å². The van der Waals surface area contributed by atoms with E-state index in [0.29, 0.717) is 5.88 Å². The Kier molecular flexibility index (Phi) is 5.15. The molecule has 2 nitrogen and oxygen atoms in total. The number of alkyl halides is 1. The lowest BCUT2D eigenvalue weighted by molar-refractivity contribution is -0.131. The summed E-state index contributed by atoms with van der Waals surface area (Å²) in [5.74, 6) is -0.311. The molecule has 0 bridgehead atoms. The molecule has 1 N–H and O–H groups in total. The Morgan fingerprint density at radius 1 is 1.53 bits per heavy atom. The molecule has 15 heavy (non-hydrogen) atoms. The molecule has 0 aliphatic rings. The molecule has 0 radical (unpaired) electrons. The van der Waals surface area contributed by atoms with E-state index < -0.39 is 5.97 Å². The molecule has 0 spiro atoms. The third kappa shape index (κ3) is 4.81. The van der Waals surface area contributed by atoms with Crippen molar-refractivity contribution >= 4 is 41.1 Å². The van der Waals surface area contributed by atoms with Crippen LogP contribution >= 0.6 is 22.9 Å². The van der Waals surface area contributed by atoms with Gasteiger partial charge >= 0.3 is 5.97 Å². The van der Waals surface area contributed by atoms with Crippen molar-refractivity contribution in [3.8, 4) is 0 Å². The lowest BCUT2D eigenvalue weighted by Crippen LogP contribution is -1.84. The van der Waals surface area contributed by atoms with Gasteiger partial charge in [-0.3, -0.25) is 0 Å². The maximum absolute atomic E-state index is 10.3. The van der Waals surface area contributed by atoms with E-state index in [1.54, 1.807) is 6.08 Å². The summed E-state index contributed by atoms with van der Waals surface area (Å²) < 4.78 is 0. The Hall–Kier alpha value is -1.06. The quantitative estimate of drug-likeness (QED) is 0.634. The fourth-order valence-corrected chi connectivity index (χ4v) is 1.87. The molecule has 0 atom stereocenters. The van der Waals surface area contributed by atoms with Gasteiger partial charge in [0.25, 0.3) is 0 Å². The number of halogens is 1. The van der Waals surface area contributed by atoms with E-state index in [9.17, 15) is 4.79 Å². The molecular weight excluding hydrogens is 232 g/mol. The summed E-state index contributed by atoms with van der Waals surface area (Å²) in [6, 6.07) is 1.94. The maximum atomic E-state index is 10.3. The van der Waals surface area contributed by atoms with Gasteiger partial charge in [0.2, 0.25) is 0 Å². The van der Waals surface area contributed by atoms with Crippen molar-refractivity contribution < 1.29 is 9.90 Å². The van der Waals surface area contributed by atoms with Crippen molar-refractivity contribution in [3.63, 3.8) is 0 Å². The molecule has 1 heterocycles. The fourth-order valence-electron chi connectivity index (χ4n) is 0.979. The van der Waals surface area contributed by atoms with Crippen molar-refractivity contribution in [2.75, 3.05) is 5.88 Å². The minimum absolute atomic E-state index is 0.617. The van der Waals surface area contributed by atoms with Crippen LogP contribution in [-0.2, 0) is 4.79 Å². The Morgan fingerprint density at radius 3 is 3.00 bits per heavy atom. The number of rotatable bonds is 5. The Morgan fingerprint density at radius 2 is 2.33 bits per heavy atom. The van der Waals surface area contributed by atoms with E-state index in [2.05, 4.69) is 0 Å². The van der Waals surface area contributed by atoms with Crippen LogP contribution in [0.3, 0.4) is 0 Å². The molecule has 0 fully saturated rings. The van der Waals surface area contributed by atoms with Gasteiger partial charge < -0.3 is 5.11 Å². The summed E-state index contributed by atoms with van der Waals surface area (Å²) in [6.45, 7) is 0. The molecule has 1 aromatic heterocycles. The summed E-state index contributed by atoms with van der Waals surface area (Å²) in [5.41, 5.74) is 1.08. The molecule has 0 saturated heterocycles. The van der Waals surface area contributed by atoms with E-state index in [1.165, 1.54) is 11.3 Å². The van der Waals surface area contributed by atoms with Crippen LogP contribution in [0.5, 0.6) is 0 Å². The first-order chi connectivity index (χ1) is 7.22. The third-order valence-corrected chi connectivity index (χ3v) is 2.75. The van der Waals surface area contributed by atoms with E-state index in [1.807, 2.05) is 23.6 Å². The lowest BCUT2D eigenvalue weighted by Gasteiger charge is -1.83. The van der Waals surface area contributed by atoms with Crippen molar-refractivity contribution in [1.29, 1.82) is 0 Å². The van der Waals surface area contributed by atoms with Gasteiger partial charge in [-0.15, -0.1) is 22.9 Å². The minimum atomic E-state index is -0.928. The molecule has 0 aliphatic heterocycles. The van der Waals surface area contributed by atoms with Crippen LogP contribution in [-0.4, -0.2) is 17.0 Å². The number of allylic oxidation sites excluding steroid dienone is 1. The zero-order valence-corrected chi connectivity index (χ0v) is 9.59. The molecule has 1 rings (SSSR count). The molecule has 0 aliphatic carbocycles. The molecule has 4 heteroatoms. The second kappa shape index (κ2) is 6.43. The first-order valence-corrected chi connectivity index (χ1v) is 5.86. The van der Waals surface area contributed by atoms with Crippen molar-refractivity contribution in [3.05, 3.63) is 34.0 Å². The van der Waals surface area contributed by atoms with Gasteiger partial charge in [0.15, 0.2) is 0 Å². The topological polar surface area (TPSA) is 37.3 Å². The van der Waals surface area contributed by atoms with Crippen molar-refractivity contribution in [1.82, 2.24) is 0 Å².